The van der Waals surface area contributed by atoms with Gasteiger partial charge in [-0.1, -0.05) is 11.6 Å². The minimum absolute atomic E-state index is 0.128. The fourth-order valence-corrected chi connectivity index (χ4v) is 3.32. The Hall–Kier alpha value is -2.21. The van der Waals surface area contributed by atoms with Crippen LogP contribution in [0.25, 0.3) is 6.08 Å². The van der Waals surface area contributed by atoms with E-state index in [1.165, 1.54) is 23.3 Å². The summed E-state index contributed by atoms with van der Waals surface area (Å²) in [6.07, 6.45) is 11.2. The molecule has 0 unspecified atom stereocenters. The normalized spacial score (nSPS) is 20.4. The Kier molecular flexibility index (Phi) is 4.94. The van der Waals surface area contributed by atoms with Gasteiger partial charge in [-0.05, 0) is 62.5 Å². The van der Waals surface area contributed by atoms with Crippen molar-refractivity contribution in [1.29, 1.82) is 0 Å². The summed E-state index contributed by atoms with van der Waals surface area (Å²) in [5.74, 6) is -0.749. The predicted octanol–water partition coefficient (Wildman–Crippen LogP) is 2.54. The number of nitrogens with one attached hydrogen (secondary N) is 1. The van der Waals surface area contributed by atoms with E-state index in [-0.39, 0.29) is 16.6 Å². The Morgan fingerprint density at radius 1 is 1.33 bits per heavy atom. The molecule has 0 radical (unpaired) electrons. The lowest BCUT2D eigenvalue weighted by Gasteiger charge is -2.29. The molecule has 2 heterocycles. The highest BCUT2D eigenvalue weighted by Gasteiger charge is 2.33. The molecule has 2 aliphatic rings. The van der Waals surface area contributed by atoms with Gasteiger partial charge in [-0.3, -0.25) is 19.8 Å². The molecule has 3 rings (SSSR count). The molecular formula is C18H21N3O2S. The van der Waals surface area contributed by atoms with Gasteiger partial charge in [0.25, 0.3) is 11.8 Å². The topological polar surface area (TPSA) is 54.3 Å². The molecule has 1 saturated heterocycles. The van der Waals surface area contributed by atoms with Crippen LogP contribution < -0.4 is 5.32 Å². The molecule has 0 atom stereocenters. The molecule has 0 saturated carbocycles. The van der Waals surface area contributed by atoms with Gasteiger partial charge in [-0.25, -0.2) is 0 Å². The number of allylic oxidation sites excluding steroid dienone is 1. The second-order valence-corrected chi connectivity index (χ2v) is 6.56. The Labute approximate surface area is 147 Å². The van der Waals surface area contributed by atoms with Gasteiger partial charge >= 0.3 is 0 Å². The first-order chi connectivity index (χ1) is 11.6. The molecule has 24 heavy (non-hydrogen) atoms. The van der Waals surface area contributed by atoms with Crippen LogP contribution in [-0.2, 0) is 16.6 Å². The average Bonchev–Trinajstić information content (AvgIpc) is 2.97. The Bertz CT molecular complexity index is 745. The molecule has 126 valence electrons. The van der Waals surface area contributed by atoms with Crippen molar-refractivity contribution in [1.82, 2.24) is 14.8 Å². The van der Waals surface area contributed by atoms with Crippen molar-refractivity contribution >= 4 is 35.2 Å². The third-order valence-electron chi connectivity index (χ3n) is 4.50. The first-order valence-electron chi connectivity index (χ1n) is 8.24. The van der Waals surface area contributed by atoms with Crippen LogP contribution in [0.5, 0.6) is 0 Å². The number of aryl methyl sites for hydroxylation is 1. The van der Waals surface area contributed by atoms with Gasteiger partial charge in [-0.15, -0.1) is 0 Å². The smallest absolute Gasteiger partial charge is 0.265 e. The van der Waals surface area contributed by atoms with Crippen LogP contribution in [0.2, 0.25) is 0 Å². The maximum atomic E-state index is 12.7. The third kappa shape index (κ3) is 3.48. The number of carbonyl (C=O) groups excluding carboxylic acids is 2. The van der Waals surface area contributed by atoms with Crippen molar-refractivity contribution in [2.75, 3.05) is 6.54 Å². The lowest BCUT2D eigenvalue weighted by atomic mass is 9.97. The van der Waals surface area contributed by atoms with Crippen LogP contribution in [0.3, 0.4) is 0 Å². The molecule has 0 bridgehead atoms. The monoisotopic (exact) mass is 343 g/mol. The van der Waals surface area contributed by atoms with E-state index in [0.717, 1.165) is 25.0 Å². The van der Waals surface area contributed by atoms with Crippen molar-refractivity contribution in [3.63, 3.8) is 0 Å². The van der Waals surface area contributed by atoms with E-state index < -0.39 is 5.91 Å². The maximum Gasteiger partial charge on any atom is 0.265 e. The molecule has 1 aromatic rings. The molecule has 0 spiro atoms. The number of rotatable bonds is 4. The molecule has 2 amide bonds. The van der Waals surface area contributed by atoms with Gasteiger partial charge in [0.05, 0.1) is 0 Å². The Balaban J connectivity index is 1.77. The summed E-state index contributed by atoms with van der Waals surface area (Å²) < 4.78 is 1.86. The average molecular weight is 343 g/mol. The minimum atomic E-state index is -0.431. The van der Waals surface area contributed by atoms with Crippen molar-refractivity contribution in [3.8, 4) is 0 Å². The predicted molar refractivity (Wildman–Crippen MR) is 97.0 cm³/mol. The zero-order valence-corrected chi connectivity index (χ0v) is 14.6. The first-order valence-corrected chi connectivity index (χ1v) is 8.65. The van der Waals surface area contributed by atoms with Crippen molar-refractivity contribution in [3.05, 3.63) is 41.2 Å². The van der Waals surface area contributed by atoms with Crippen molar-refractivity contribution in [2.45, 2.75) is 32.1 Å². The number of hydrogen-bond acceptors (Lipinski definition) is 3. The molecule has 0 aromatic carbocycles. The lowest BCUT2D eigenvalue weighted by Crippen LogP contribution is -2.54. The molecule has 5 nitrogen and oxygen atoms in total. The second kappa shape index (κ2) is 7.13. The second-order valence-electron chi connectivity index (χ2n) is 6.18. The SMILES string of the molecule is Cn1cccc1/C=C1/C(=O)NC(=S)N(CCC2=CCCCC2)C1=O. The van der Waals surface area contributed by atoms with E-state index in [0.29, 0.717) is 6.54 Å². The van der Waals surface area contributed by atoms with Crippen LogP contribution in [0, 0.1) is 0 Å². The van der Waals surface area contributed by atoms with E-state index >= 15 is 0 Å². The van der Waals surface area contributed by atoms with Gasteiger partial charge in [0.15, 0.2) is 5.11 Å². The summed E-state index contributed by atoms with van der Waals surface area (Å²) in [5.41, 5.74) is 2.31. The van der Waals surface area contributed by atoms with Crippen LogP contribution in [0.1, 0.15) is 37.8 Å². The van der Waals surface area contributed by atoms with Crippen molar-refractivity contribution in [2.24, 2.45) is 7.05 Å². The van der Waals surface area contributed by atoms with Gasteiger partial charge in [0.1, 0.15) is 5.57 Å². The summed E-state index contributed by atoms with van der Waals surface area (Å²) in [5, 5.41) is 2.83. The molecular weight excluding hydrogens is 322 g/mol. The molecule has 1 aliphatic heterocycles. The Morgan fingerprint density at radius 2 is 2.17 bits per heavy atom. The quantitative estimate of drug-likeness (QED) is 0.396. The van der Waals surface area contributed by atoms with Gasteiger partial charge in [-0.2, -0.15) is 0 Å². The molecule has 1 aliphatic carbocycles. The number of amides is 2. The third-order valence-corrected chi connectivity index (χ3v) is 4.83. The number of hydrogen-bond donors (Lipinski definition) is 1. The van der Waals surface area contributed by atoms with E-state index in [2.05, 4.69) is 11.4 Å². The highest BCUT2D eigenvalue weighted by molar-refractivity contribution is 7.80. The summed E-state index contributed by atoms with van der Waals surface area (Å²) in [7, 11) is 1.87. The fraction of sp³-hybridized carbons (Fsp3) is 0.389. The number of nitrogens with zero attached hydrogens (tertiary/aromatic N) is 2. The summed E-state index contributed by atoms with van der Waals surface area (Å²) >= 11 is 5.20. The summed E-state index contributed by atoms with van der Waals surface area (Å²) in [6, 6.07) is 3.73. The number of carbonyl (C=O) groups is 2. The molecule has 1 fully saturated rings. The zero-order valence-electron chi connectivity index (χ0n) is 13.7. The lowest BCUT2D eigenvalue weighted by molar-refractivity contribution is -0.128. The number of aromatic nitrogens is 1. The summed E-state index contributed by atoms with van der Waals surface area (Å²) in [6.45, 7) is 0.508. The van der Waals surface area contributed by atoms with E-state index in [4.69, 9.17) is 12.2 Å². The van der Waals surface area contributed by atoms with E-state index in [9.17, 15) is 9.59 Å². The van der Waals surface area contributed by atoms with Crippen LogP contribution in [-0.4, -0.2) is 32.9 Å². The fourth-order valence-electron chi connectivity index (χ4n) is 3.06. The summed E-state index contributed by atoms with van der Waals surface area (Å²) in [4.78, 5) is 26.4. The zero-order chi connectivity index (χ0) is 17.1. The first kappa shape index (κ1) is 16.6. The van der Waals surface area contributed by atoms with Gasteiger partial charge in [0.2, 0.25) is 0 Å². The molecule has 6 heteroatoms. The van der Waals surface area contributed by atoms with Gasteiger partial charge < -0.3 is 4.57 Å². The highest BCUT2D eigenvalue weighted by Crippen LogP contribution is 2.22. The molecule has 1 N–H and O–H groups in total. The largest absolute Gasteiger partial charge is 0.351 e. The Morgan fingerprint density at radius 3 is 2.83 bits per heavy atom. The van der Waals surface area contributed by atoms with E-state index in [1.807, 2.05) is 29.9 Å². The van der Waals surface area contributed by atoms with Crippen LogP contribution in [0.4, 0.5) is 0 Å². The standard InChI is InChI=1S/C18H21N3O2S/c1-20-10-5-8-14(20)12-15-16(22)19-18(24)21(17(15)23)11-9-13-6-3-2-4-7-13/h5-6,8,10,12H,2-4,7,9,11H2,1H3,(H,19,22,24)/b15-12-. The number of thiocarbonyl (C=S) groups is 1. The molecule has 1 aromatic heterocycles. The maximum absolute atomic E-state index is 12.7. The van der Waals surface area contributed by atoms with Crippen LogP contribution >= 0.6 is 12.2 Å². The van der Waals surface area contributed by atoms with Crippen molar-refractivity contribution < 1.29 is 9.59 Å². The minimum Gasteiger partial charge on any atom is -0.351 e. The van der Waals surface area contributed by atoms with Crippen LogP contribution in [0.15, 0.2) is 35.6 Å². The van der Waals surface area contributed by atoms with Gasteiger partial charge in [0, 0.05) is 25.5 Å². The van der Waals surface area contributed by atoms with E-state index in [1.54, 1.807) is 6.08 Å². The highest BCUT2D eigenvalue weighted by atomic mass is 32.1.